The van der Waals surface area contributed by atoms with Crippen LogP contribution in [0.1, 0.15) is 10.4 Å². The molecule has 0 N–H and O–H groups in total. The summed E-state index contributed by atoms with van der Waals surface area (Å²) in [5, 5.41) is 0. The molecule has 1 rings (SSSR count). The van der Waals surface area contributed by atoms with Gasteiger partial charge in [-0.05, 0) is 12.1 Å². The van der Waals surface area contributed by atoms with Crippen LogP contribution in [0, 0.1) is 0 Å². The first-order chi connectivity index (χ1) is 17.2. The molecule has 0 aromatic heterocycles. The van der Waals surface area contributed by atoms with Crippen LogP contribution in [-0.2, 0) is 47.4 Å². The van der Waals surface area contributed by atoms with Crippen LogP contribution in [0.4, 0.5) is 0 Å². The highest BCUT2D eigenvalue weighted by Gasteiger charge is 2.05. The predicted molar refractivity (Wildman–Crippen MR) is 124 cm³/mol. The summed E-state index contributed by atoms with van der Waals surface area (Å²) in [4.78, 5) is 22.5. The van der Waals surface area contributed by atoms with Gasteiger partial charge in [-0.3, -0.25) is 0 Å². The largest absolute Gasteiger partial charge is 0.467 e. The molecule has 0 aliphatic heterocycles. The molecule has 1 aromatic rings. The standard InChI is InChI=1S/C24H38O11/c1-27-23(25)21-34-18-17-32-14-13-30-10-9-28-7-8-29-11-12-31-15-16-33-19-20-35-24(26)22-5-3-2-4-6-22/h2-6H,7-21H2,1H3. The third kappa shape index (κ3) is 19.8. The number of hydrogen-bond donors (Lipinski definition) is 0. The van der Waals surface area contributed by atoms with Gasteiger partial charge in [0.2, 0.25) is 0 Å². The Kier molecular flexibility index (Phi) is 20.9. The Morgan fingerprint density at radius 1 is 0.543 bits per heavy atom. The topological polar surface area (TPSA) is 117 Å². The van der Waals surface area contributed by atoms with Crippen LogP contribution in [0.2, 0.25) is 0 Å². The lowest BCUT2D eigenvalue weighted by Gasteiger charge is -2.08. The van der Waals surface area contributed by atoms with E-state index < -0.39 is 5.97 Å². The van der Waals surface area contributed by atoms with Crippen molar-refractivity contribution in [1.29, 1.82) is 0 Å². The molecular formula is C24H38O11. The van der Waals surface area contributed by atoms with Crippen molar-refractivity contribution in [2.45, 2.75) is 0 Å². The lowest BCUT2D eigenvalue weighted by Crippen LogP contribution is -2.16. The van der Waals surface area contributed by atoms with Crippen molar-refractivity contribution in [1.82, 2.24) is 0 Å². The molecule has 0 heterocycles. The Hall–Kier alpha value is -2.12. The van der Waals surface area contributed by atoms with E-state index in [0.29, 0.717) is 91.5 Å². The zero-order valence-corrected chi connectivity index (χ0v) is 20.5. The van der Waals surface area contributed by atoms with Crippen LogP contribution in [0.5, 0.6) is 0 Å². The molecule has 0 bridgehead atoms. The van der Waals surface area contributed by atoms with E-state index in [0.717, 1.165) is 0 Å². The third-order valence-electron chi connectivity index (χ3n) is 4.15. The summed E-state index contributed by atoms with van der Waals surface area (Å²) in [6.07, 6.45) is 0. The van der Waals surface area contributed by atoms with Crippen molar-refractivity contribution in [3.05, 3.63) is 35.9 Å². The van der Waals surface area contributed by atoms with E-state index in [-0.39, 0.29) is 19.2 Å². The van der Waals surface area contributed by atoms with Crippen molar-refractivity contribution in [3.8, 4) is 0 Å². The summed E-state index contributed by atoms with van der Waals surface area (Å²) >= 11 is 0. The SMILES string of the molecule is COC(=O)COCCOCCOCCOCCOCCOCCOCCOC(=O)c1ccccc1. The zero-order valence-electron chi connectivity index (χ0n) is 20.5. The van der Waals surface area contributed by atoms with Gasteiger partial charge in [0.15, 0.2) is 0 Å². The number of carbonyl (C=O) groups is 2. The van der Waals surface area contributed by atoms with E-state index in [1.165, 1.54) is 7.11 Å². The van der Waals surface area contributed by atoms with Gasteiger partial charge >= 0.3 is 11.9 Å². The number of carbonyl (C=O) groups excluding carboxylic acids is 2. The fraction of sp³-hybridized carbons (Fsp3) is 0.667. The average molecular weight is 503 g/mol. The third-order valence-corrected chi connectivity index (χ3v) is 4.15. The van der Waals surface area contributed by atoms with Crippen molar-refractivity contribution in [3.63, 3.8) is 0 Å². The minimum absolute atomic E-state index is 0.0728. The molecule has 0 atom stereocenters. The fourth-order valence-corrected chi connectivity index (χ4v) is 2.38. The zero-order chi connectivity index (χ0) is 25.2. The van der Waals surface area contributed by atoms with Gasteiger partial charge in [-0.1, -0.05) is 18.2 Å². The molecule has 0 unspecified atom stereocenters. The van der Waals surface area contributed by atoms with Crippen LogP contribution < -0.4 is 0 Å². The molecule has 0 spiro atoms. The highest BCUT2D eigenvalue weighted by atomic mass is 16.6. The summed E-state index contributed by atoms with van der Waals surface area (Å²) < 4.78 is 46.8. The first-order valence-electron chi connectivity index (χ1n) is 11.6. The fourth-order valence-electron chi connectivity index (χ4n) is 2.38. The van der Waals surface area contributed by atoms with Gasteiger partial charge in [-0.25, -0.2) is 9.59 Å². The van der Waals surface area contributed by atoms with Crippen LogP contribution in [0.25, 0.3) is 0 Å². The molecule has 1 aromatic carbocycles. The number of esters is 2. The van der Waals surface area contributed by atoms with E-state index in [2.05, 4.69) is 4.74 Å². The minimum atomic E-state index is -0.411. The smallest absolute Gasteiger partial charge is 0.338 e. The molecule has 35 heavy (non-hydrogen) atoms. The Labute approximate surface area is 206 Å². The van der Waals surface area contributed by atoms with Crippen molar-refractivity contribution in [2.24, 2.45) is 0 Å². The van der Waals surface area contributed by atoms with Gasteiger partial charge in [-0.15, -0.1) is 0 Å². The molecule has 200 valence electrons. The van der Waals surface area contributed by atoms with Crippen molar-refractivity contribution < 1.29 is 52.2 Å². The molecule has 11 nitrogen and oxygen atoms in total. The monoisotopic (exact) mass is 502 g/mol. The van der Waals surface area contributed by atoms with Gasteiger partial charge in [0.25, 0.3) is 0 Å². The molecule has 0 fully saturated rings. The van der Waals surface area contributed by atoms with Crippen molar-refractivity contribution >= 4 is 11.9 Å². The van der Waals surface area contributed by atoms with Crippen LogP contribution in [-0.4, -0.2) is 118 Å². The van der Waals surface area contributed by atoms with E-state index in [9.17, 15) is 9.59 Å². The number of rotatable bonds is 24. The quantitative estimate of drug-likeness (QED) is 0.150. The highest BCUT2D eigenvalue weighted by molar-refractivity contribution is 5.89. The average Bonchev–Trinajstić information content (AvgIpc) is 2.89. The molecule has 0 aliphatic rings. The summed E-state index contributed by atoms with van der Waals surface area (Å²) in [5.41, 5.74) is 0.522. The van der Waals surface area contributed by atoms with E-state index in [1.54, 1.807) is 24.3 Å². The summed E-state index contributed by atoms with van der Waals surface area (Å²) in [6, 6.07) is 8.82. The second-order valence-corrected chi connectivity index (χ2v) is 6.80. The first kappa shape index (κ1) is 30.9. The summed E-state index contributed by atoms with van der Waals surface area (Å²) in [5.74, 6) is -0.771. The number of benzene rings is 1. The molecule has 11 heteroatoms. The Morgan fingerprint density at radius 2 is 0.914 bits per heavy atom. The lowest BCUT2D eigenvalue weighted by molar-refractivity contribution is -0.146. The van der Waals surface area contributed by atoms with Gasteiger partial charge < -0.3 is 42.6 Å². The molecule has 0 saturated carbocycles. The lowest BCUT2D eigenvalue weighted by atomic mass is 10.2. The maximum absolute atomic E-state index is 11.7. The van der Waals surface area contributed by atoms with E-state index in [4.69, 9.17) is 37.9 Å². The van der Waals surface area contributed by atoms with Crippen LogP contribution in [0.3, 0.4) is 0 Å². The van der Waals surface area contributed by atoms with Gasteiger partial charge in [-0.2, -0.15) is 0 Å². The van der Waals surface area contributed by atoms with Gasteiger partial charge in [0, 0.05) is 0 Å². The van der Waals surface area contributed by atoms with Gasteiger partial charge in [0.05, 0.1) is 98.6 Å². The molecule has 0 radical (unpaired) electrons. The molecular weight excluding hydrogens is 464 g/mol. The maximum atomic E-state index is 11.7. The normalized spacial score (nSPS) is 10.9. The van der Waals surface area contributed by atoms with Gasteiger partial charge in [0.1, 0.15) is 13.2 Å². The first-order valence-corrected chi connectivity index (χ1v) is 11.6. The molecule has 0 aliphatic carbocycles. The van der Waals surface area contributed by atoms with Crippen molar-refractivity contribution in [2.75, 3.05) is 106 Å². The summed E-state index contributed by atoms with van der Waals surface area (Å²) in [7, 11) is 1.31. The van der Waals surface area contributed by atoms with E-state index in [1.807, 2.05) is 6.07 Å². The Morgan fingerprint density at radius 3 is 1.31 bits per heavy atom. The van der Waals surface area contributed by atoms with Crippen LogP contribution >= 0.6 is 0 Å². The maximum Gasteiger partial charge on any atom is 0.338 e. The highest BCUT2D eigenvalue weighted by Crippen LogP contribution is 2.00. The van der Waals surface area contributed by atoms with E-state index >= 15 is 0 Å². The minimum Gasteiger partial charge on any atom is -0.467 e. The molecule has 0 saturated heterocycles. The molecule has 0 amide bonds. The predicted octanol–water partition coefficient (Wildman–Crippen LogP) is 1.13. The Balaban J connectivity index is 1.69. The Bertz CT molecular complexity index is 627. The van der Waals surface area contributed by atoms with Crippen LogP contribution in [0.15, 0.2) is 30.3 Å². The number of methoxy groups -OCH3 is 1. The second kappa shape index (κ2) is 23.6. The second-order valence-electron chi connectivity index (χ2n) is 6.80. The summed E-state index contributed by atoms with van der Waals surface area (Å²) in [6.45, 7) is 5.73. The number of ether oxygens (including phenoxy) is 9. The number of hydrogen-bond acceptors (Lipinski definition) is 11.